The number of rotatable bonds is 3. The van der Waals surface area contributed by atoms with E-state index in [4.69, 9.17) is 4.42 Å². The Hall–Kier alpha value is -2.10. The molecule has 0 saturated heterocycles. The van der Waals surface area contributed by atoms with Crippen LogP contribution in [0.25, 0.3) is 11.0 Å². The van der Waals surface area contributed by atoms with Crippen LogP contribution in [0.2, 0.25) is 0 Å². The van der Waals surface area contributed by atoms with E-state index in [1.54, 1.807) is 24.3 Å². The number of para-hydroxylation sites is 1. The summed E-state index contributed by atoms with van der Waals surface area (Å²) in [5, 5.41) is 3.55. The lowest BCUT2D eigenvalue weighted by Crippen LogP contribution is -2.40. The van der Waals surface area contributed by atoms with E-state index in [0.29, 0.717) is 16.9 Å². The summed E-state index contributed by atoms with van der Waals surface area (Å²) in [7, 11) is 0. The number of hydrogen-bond acceptors (Lipinski definition) is 3. The summed E-state index contributed by atoms with van der Waals surface area (Å²) < 4.78 is 5.62. The van der Waals surface area contributed by atoms with Crippen molar-refractivity contribution in [2.24, 2.45) is 17.8 Å². The maximum absolute atomic E-state index is 12.5. The van der Waals surface area contributed by atoms with Crippen molar-refractivity contribution in [1.82, 2.24) is 5.32 Å². The molecule has 0 radical (unpaired) electrons. The van der Waals surface area contributed by atoms with Gasteiger partial charge in [-0.1, -0.05) is 18.6 Å². The van der Waals surface area contributed by atoms with Crippen molar-refractivity contribution in [3.05, 3.63) is 46.3 Å². The van der Waals surface area contributed by atoms with Gasteiger partial charge < -0.3 is 9.73 Å². The zero-order chi connectivity index (χ0) is 16.0. The van der Waals surface area contributed by atoms with Crippen molar-refractivity contribution in [2.45, 2.75) is 38.6 Å². The van der Waals surface area contributed by atoms with E-state index in [1.807, 2.05) is 0 Å². The lowest BCUT2D eigenvalue weighted by atomic mass is 9.84. The smallest absolute Gasteiger partial charge is 0.287 e. The average molecular weight is 311 g/mol. The van der Waals surface area contributed by atoms with Crippen LogP contribution >= 0.6 is 0 Å². The van der Waals surface area contributed by atoms with Gasteiger partial charge >= 0.3 is 0 Å². The number of amides is 1. The van der Waals surface area contributed by atoms with Crippen LogP contribution in [0.5, 0.6) is 0 Å². The first-order valence-electron chi connectivity index (χ1n) is 8.45. The maximum Gasteiger partial charge on any atom is 0.287 e. The summed E-state index contributed by atoms with van der Waals surface area (Å²) in [6.45, 7) is 2.07. The fourth-order valence-electron chi connectivity index (χ4n) is 4.51. The summed E-state index contributed by atoms with van der Waals surface area (Å²) in [6, 6.07) is 8.43. The Kier molecular flexibility index (Phi) is 3.47. The van der Waals surface area contributed by atoms with Gasteiger partial charge in [-0.15, -0.1) is 0 Å². The molecular formula is C19H21NO3. The molecule has 1 N–H and O–H groups in total. The van der Waals surface area contributed by atoms with Gasteiger partial charge in [-0.05, 0) is 56.1 Å². The Bertz CT molecular complexity index is 810. The quantitative estimate of drug-likeness (QED) is 0.945. The van der Waals surface area contributed by atoms with Crippen molar-refractivity contribution in [2.75, 3.05) is 0 Å². The van der Waals surface area contributed by atoms with E-state index >= 15 is 0 Å². The highest BCUT2D eigenvalue weighted by molar-refractivity contribution is 5.93. The minimum Gasteiger partial charge on any atom is -0.451 e. The van der Waals surface area contributed by atoms with E-state index < -0.39 is 0 Å². The van der Waals surface area contributed by atoms with E-state index in [-0.39, 0.29) is 23.1 Å². The molecule has 1 aromatic heterocycles. The number of carbonyl (C=O) groups is 1. The van der Waals surface area contributed by atoms with E-state index in [9.17, 15) is 9.59 Å². The molecule has 1 heterocycles. The van der Waals surface area contributed by atoms with Gasteiger partial charge in [-0.2, -0.15) is 0 Å². The first-order chi connectivity index (χ1) is 11.1. The highest BCUT2D eigenvalue weighted by Gasteiger charge is 2.42. The molecule has 120 valence electrons. The van der Waals surface area contributed by atoms with Gasteiger partial charge in [0.25, 0.3) is 5.91 Å². The fourth-order valence-corrected chi connectivity index (χ4v) is 4.51. The van der Waals surface area contributed by atoms with Gasteiger partial charge in [-0.3, -0.25) is 9.59 Å². The molecule has 0 aliphatic heterocycles. The SMILES string of the molecule is C[C@H](NC(=O)c1cc(=O)c2ccccc2o1)[C@@H]1C[C@H]2CC[C@H]1C2. The highest BCUT2D eigenvalue weighted by Crippen LogP contribution is 2.49. The standard InChI is InChI=1S/C19H21NO3/c1-11(15-9-12-6-7-13(15)8-12)20-19(22)18-10-16(21)14-4-2-3-5-17(14)23-18/h2-5,10-13,15H,6-9H2,1H3,(H,20,22)/t11-,12-,13-,15-/m0/s1. The first kappa shape index (κ1) is 14.5. The predicted octanol–water partition coefficient (Wildman–Crippen LogP) is 3.35. The zero-order valence-electron chi connectivity index (χ0n) is 13.2. The number of hydrogen-bond donors (Lipinski definition) is 1. The number of benzene rings is 1. The lowest BCUT2D eigenvalue weighted by molar-refractivity contribution is 0.0887. The van der Waals surface area contributed by atoms with Gasteiger partial charge in [0.05, 0.1) is 5.39 Å². The Morgan fingerprint density at radius 1 is 1.26 bits per heavy atom. The van der Waals surface area contributed by atoms with Crippen molar-refractivity contribution < 1.29 is 9.21 Å². The third-order valence-corrected chi connectivity index (χ3v) is 5.65. The third kappa shape index (κ3) is 2.56. The van der Waals surface area contributed by atoms with Crippen molar-refractivity contribution in [3.8, 4) is 0 Å². The van der Waals surface area contributed by atoms with Crippen molar-refractivity contribution >= 4 is 16.9 Å². The normalized spacial score (nSPS) is 27.3. The summed E-state index contributed by atoms with van der Waals surface area (Å²) in [6.07, 6.45) is 5.17. The zero-order valence-corrected chi connectivity index (χ0v) is 13.2. The second kappa shape index (κ2) is 5.52. The topological polar surface area (TPSA) is 59.3 Å². The van der Waals surface area contributed by atoms with Gasteiger partial charge in [0.1, 0.15) is 5.58 Å². The summed E-state index contributed by atoms with van der Waals surface area (Å²) in [4.78, 5) is 24.6. The monoisotopic (exact) mass is 311 g/mol. The fraction of sp³-hybridized carbons (Fsp3) is 0.474. The molecule has 2 bridgehead atoms. The molecule has 23 heavy (non-hydrogen) atoms. The van der Waals surface area contributed by atoms with Crippen LogP contribution in [0.15, 0.2) is 39.5 Å². The Morgan fingerprint density at radius 2 is 2.09 bits per heavy atom. The van der Waals surface area contributed by atoms with Crippen LogP contribution in [-0.4, -0.2) is 11.9 Å². The molecule has 2 aromatic rings. The molecule has 0 spiro atoms. The Labute approximate surface area is 134 Å². The van der Waals surface area contributed by atoms with Crippen LogP contribution in [0.1, 0.15) is 43.2 Å². The van der Waals surface area contributed by atoms with E-state index in [1.165, 1.54) is 31.7 Å². The van der Waals surface area contributed by atoms with Gasteiger partial charge in [0.15, 0.2) is 11.2 Å². The molecule has 4 atom stereocenters. The maximum atomic E-state index is 12.5. The second-order valence-corrected chi connectivity index (χ2v) is 7.07. The van der Waals surface area contributed by atoms with Crippen LogP contribution in [0.4, 0.5) is 0 Å². The molecule has 2 saturated carbocycles. The van der Waals surface area contributed by atoms with Crippen LogP contribution in [0, 0.1) is 17.8 Å². The average Bonchev–Trinajstić information content (AvgIpc) is 3.18. The Morgan fingerprint density at radius 3 is 2.83 bits per heavy atom. The third-order valence-electron chi connectivity index (χ3n) is 5.65. The van der Waals surface area contributed by atoms with Gasteiger partial charge in [0.2, 0.25) is 0 Å². The molecular weight excluding hydrogens is 290 g/mol. The number of fused-ring (bicyclic) bond motifs is 3. The van der Waals surface area contributed by atoms with Crippen molar-refractivity contribution in [3.63, 3.8) is 0 Å². The van der Waals surface area contributed by atoms with E-state index in [0.717, 1.165) is 11.8 Å². The minimum atomic E-state index is -0.289. The molecule has 0 unspecified atom stereocenters. The summed E-state index contributed by atoms with van der Waals surface area (Å²) in [5.74, 6) is 1.97. The van der Waals surface area contributed by atoms with Crippen LogP contribution in [0.3, 0.4) is 0 Å². The Balaban J connectivity index is 1.54. The molecule has 2 fully saturated rings. The summed E-state index contributed by atoms with van der Waals surface area (Å²) in [5.41, 5.74) is 0.280. The molecule has 2 aliphatic carbocycles. The number of nitrogens with one attached hydrogen (secondary N) is 1. The molecule has 4 rings (SSSR count). The molecule has 4 nitrogen and oxygen atoms in total. The van der Waals surface area contributed by atoms with Gasteiger partial charge in [0, 0.05) is 12.1 Å². The predicted molar refractivity (Wildman–Crippen MR) is 88.4 cm³/mol. The number of carbonyl (C=O) groups excluding carboxylic acids is 1. The minimum absolute atomic E-state index is 0.101. The summed E-state index contributed by atoms with van der Waals surface area (Å²) >= 11 is 0. The van der Waals surface area contributed by atoms with Crippen molar-refractivity contribution in [1.29, 1.82) is 0 Å². The van der Waals surface area contributed by atoms with E-state index in [2.05, 4.69) is 12.2 Å². The van der Waals surface area contributed by atoms with Crippen LogP contribution < -0.4 is 10.7 Å². The molecule has 1 aromatic carbocycles. The van der Waals surface area contributed by atoms with Crippen LogP contribution in [-0.2, 0) is 0 Å². The van der Waals surface area contributed by atoms with Gasteiger partial charge in [-0.25, -0.2) is 0 Å². The first-order valence-corrected chi connectivity index (χ1v) is 8.45. The molecule has 2 aliphatic rings. The molecule has 4 heteroatoms. The highest BCUT2D eigenvalue weighted by atomic mass is 16.3. The molecule has 1 amide bonds. The second-order valence-electron chi connectivity index (χ2n) is 7.07. The lowest BCUT2D eigenvalue weighted by Gasteiger charge is -2.28. The largest absolute Gasteiger partial charge is 0.451 e.